The van der Waals surface area contributed by atoms with Crippen LogP contribution in [0.5, 0.6) is 0 Å². The van der Waals surface area contributed by atoms with E-state index < -0.39 is 0 Å². The van der Waals surface area contributed by atoms with Gasteiger partial charge in [0.1, 0.15) is 5.82 Å². The second-order valence-electron chi connectivity index (χ2n) is 5.66. The van der Waals surface area contributed by atoms with Crippen LogP contribution in [0.4, 0.5) is 5.82 Å². The summed E-state index contributed by atoms with van der Waals surface area (Å²) in [6, 6.07) is 13.3. The minimum Gasteiger partial charge on any atom is -0.353 e. The highest BCUT2D eigenvalue weighted by Crippen LogP contribution is 2.16. The van der Waals surface area contributed by atoms with Crippen molar-refractivity contribution in [2.45, 2.75) is 6.92 Å². The number of amides is 1. The van der Waals surface area contributed by atoms with E-state index in [1.807, 2.05) is 36.1 Å². The number of rotatable bonds is 2. The Bertz CT molecular complexity index is 758. The Morgan fingerprint density at radius 1 is 1.17 bits per heavy atom. The van der Waals surface area contributed by atoms with E-state index in [0.29, 0.717) is 18.7 Å². The number of hydrogen-bond acceptors (Lipinski definition) is 4. The molecule has 0 spiro atoms. The maximum atomic E-state index is 12.5. The van der Waals surface area contributed by atoms with E-state index in [1.165, 1.54) is 0 Å². The molecule has 0 atom stereocenters. The molecule has 116 valence electrons. The van der Waals surface area contributed by atoms with Crippen molar-refractivity contribution in [2.24, 2.45) is 0 Å². The van der Waals surface area contributed by atoms with E-state index in [9.17, 15) is 4.79 Å². The molecule has 5 heteroatoms. The van der Waals surface area contributed by atoms with E-state index in [0.717, 1.165) is 30.0 Å². The molecule has 0 saturated carbocycles. The van der Waals surface area contributed by atoms with Gasteiger partial charge < -0.3 is 9.80 Å². The summed E-state index contributed by atoms with van der Waals surface area (Å²) in [5.41, 5.74) is 2.43. The molecule has 1 saturated heterocycles. The van der Waals surface area contributed by atoms with Crippen molar-refractivity contribution in [3.05, 3.63) is 59.3 Å². The molecular formula is C18H18N4O. The van der Waals surface area contributed by atoms with Gasteiger partial charge in [-0.25, -0.2) is 4.98 Å². The van der Waals surface area contributed by atoms with Crippen LogP contribution >= 0.6 is 0 Å². The molecule has 1 aromatic heterocycles. The second kappa shape index (κ2) is 6.49. The molecule has 1 aromatic carbocycles. The van der Waals surface area contributed by atoms with Gasteiger partial charge in [-0.1, -0.05) is 17.7 Å². The first-order valence-corrected chi connectivity index (χ1v) is 7.64. The maximum Gasteiger partial charge on any atom is 0.253 e. The largest absolute Gasteiger partial charge is 0.353 e. The summed E-state index contributed by atoms with van der Waals surface area (Å²) >= 11 is 0. The zero-order valence-corrected chi connectivity index (χ0v) is 13.1. The summed E-state index contributed by atoms with van der Waals surface area (Å²) in [4.78, 5) is 20.9. The summed E-state index contributed by atoms with van der Waals surface area (Å²) in [5, 5.41) is 8.97. The van der Waals surface area contributed by atoms with E-state index in [1.54, 1.807) is 18.3 Å². The number of carbonyl (C=O) groups excluding carboxylic acids is 1. The van der Waals surface area contributed by atoms with Gasteiger partial charge in [-0.3, -0.25) is 4.79 Å². The van der Waals surface area contributed by atoms with Crippen LogP contribution in [0.25, 0.3) is 0 Å². The Hall–Kier alpha value is -2.87. The highest BCUT2D eigenvalue weighted by Gasteiger charge is 2.22. The smallest absolute Gasteiger partial charge is 0.253 e. The lowest BCUT2D eigenvalue weighted by Gasteiger charge is -2.35. The van der Waals surface area contributed by atoms with Crippen LogP contribution in [0.3, 0.4) is 0 Å². The molecule has 0 bridgehead atoms. The van der Waals surface area contributed by atoms with E-state index in [4.69, 9.17) is 5.26 Å². The third-order valence-corrected chi connectivity index (χ3v) is 4.03. The molecule has 2 aromatic rings. The molecule has 1 amide bonds. The fourth-order valence-electron chi connectivity index (χ4n) is 2.76. The molecule has 0 N–H and O–H groups in total. The van der Waals surface area contributed by atoms with E-state index in [2.05, 4.69) is 16.0 Å². The monoisotopic (exact) mass is 306 g/mol. The predicted octanol–water partition coefficient (Wildman–Crippen LogP) is 2.22. The molecular weight excluding hydrogens is 288 g/mol. The van der Waals surface area contributed by atoms with Crippen molar-refractivity contribution in [2.75, 3.05) is 31.1 Å². The summed E-state index contributed by atoms with van der Waals surface area (Å²) in [6.07, 6.45) is 1.65. The molecule has 1 aliphatic heterocycles. The normalized spacial score (nSPS) is 14.4. The molecule has 5 nitrogen and oxygen atoms in total. The highest BCUT2D eigenvalue weighted by atomic mass is 16.2. The van der Waals surface area contributed by atoms with Gasteiger partial charge in [-0.15, -0.1) is 0 Å². The average Bonchev–Trinajstić information content (AvgIpc) is 2.61. The van der Waals surface area contributed by atoms with Gasteiger partial charge >= 0.3 is 0 Å². The molecule has 0 radical (unpaired) electrons. The van der Waals surface area contributed by atoms with Crippen LogP contribution in [0, 0.1) is 18.3 Å². The number of nitrogens with zero attached hydrogens (tertiary/aromatic N) is 4. The number of aryl methyl sites for hydroxylation is 1. The number of hydrogen-bond donors (Lipinski definition) is 0. The SMILES string of the molecule is Cc1cccc(C(=O)N2CCN(c3cc(C#N)ccn3)CC2)c1. The molecule has 2 heterocycles. The van der Waals surface area contributed by atoms with Gasteiger partial charge in [-0.2, -0.15) is 5.26 Å². The van der Waals surface area contributed by atoms with Crippen LogP contribution in [0.2, 0.25) is 0 Å². The number of benzene rings is 1. The van der Waals surface area contributed by atoms with Crippen LogP contribution < -0.4 is 4.90 Å². The summed E-state index contributed by atoms with van der Waals surface area (Å²) in [6.45, 7) is 4.75. The first-order chi connectivity index (χ1) is 11.2. The number of pyridine rings is 1. The van der Waals surface area contributed by atoms with Crippen molar-refractivity contribution in [1.82, 2.24) is 9.88 Å². The fraction of sp³-hybridized carbons (Fsp3) is 0.278. The standard InChI is InChI=1S/C18H18N4O/c1-14-3-2-4-16(11-14)18(23)22-9-7-21(8-10-22)17-12-15(13-19)5-6-20-17/h2-6,11-12H,7-10H2,1H3. The number of nitriles is 1. The van der Waals surface area contributed by atoms with Crippen LogP contribution in [-0.4, -0.2) is 42.0 Å². The van der Waals surface area contributed by atoms with Crippen molar-refractivity contribution in [1.29, 1.82) is 5.26 Å². The van der Waals surface area contributed by atoms with E-state index >= 15 is 0 Å². The van der Waals surface area contributed by atoms with Gasteiger partial charge in [-0.05, 0) is 31.2 Å². The quantitative estimate of drug-likeness (QED) is 0.853. The number of anilines is 1. The minimum absolute atomic E-state index is 0.0760. The Balaban J connectivity index is 1.66. The van der Waals surface area contributed by atoms with Crippen molar-refractivity contribution < 1.29 is 4.79 Å². The molecule has 1 fully saturated rings. The third kappa shape index (κ3) is 3.32. The number of carbonyl (C=O) groups is 1. The topological polar surface area (TPSA) is 60.2 Å². The third-order valence-electron chi connectivity index (χ3n) is 4.03. The van der Waals surface area contributed by atoms with Gasteiger partial charge in [0.05, 0.1) is 11.6 Å². The molecule has 3 rings (SSSR count). The van der Waals surface area contributed by atoms with Crippen molar-refractivity contribution in [3.8, 4) is 6.07 Å². The van der Waals surface area contributed by atoms with Crippen molar-refractivity contribution >= 4 is 11.7 Å². The summed E-state index contributed by atoms with van der Waals surface area (Å²) < 4.78 is 0. The predicted molar refractivity (Wildman–Crippen MR) is 88.2 cm³/mol. The van der Waals surface area contributed by atoms with Crippen LogP contribution in [0.1, 0.15) is 21.5 Å². The molecule has 0 unspecified atom stereocenters. The van der Waals surface area contributed by atoms with Crippen LogP contribution in [-0.2, 0) is 0 Å². The Morgan fingerprint density at radius 2 is 1.96 bits per heavy atom. The summed E-state index contributed by atoms with van der Waals surface area (Å²) in [7, 11) is 0. The van der Waals surface area contributed by atoms with Crippen LogP contribution in [0.15, 0.2) is 42.6 Å². The Morgan fingerprint density at radius 3 is 2.65 bits per heavy atom. The lowest BCUT2D eigenvalue weighted by molar-refractivity contribution is 0.0746. The average molecular weight is 306 g/mol. The first-order valence-electron chi connectivity index (χ1n) is 7.64. The van der Waals surface area contributed by atoms with E-state index in [-0.39, 0.29) is 5.91 Å². The molecule has 1 aliphatic rings. The highest BCUT2D eigenvalue weighted by molar-refractivity contribution is 5.94. The Kier molecular flexibility index (Phi) is 4.24. The fourth-order valence-corrected chi connectivity index (χ4v) is 2.76. The van der Waals surface area contributed by atoms with Gasteiger partial charge in [0.25, 0.3) is 5.91 Å². The summed E-state index contributed by atoms with van der Waals surface area (Å²) in [5.74, 6) is 0.874. The van der Waals surface area contributed by atoms with Gasteiger partial charge in [0, 0.05) is 37.9 Å². The number of aromatic nitrogens is 1. The first kappa shape index (κ1) is 15.0. The van der Waals surface area contributed by atoms with Gasteiger partial charge in [0.15, 0.2) is 0 Å². The van der Waals surface area contributed by atoms with Crippen molar-refractivity contribution in [3.63, 3.8) is 0 Å². The number of piperazine rings is 1. The zero-order valence-electron chi connectivity index (χ0n) is 13.1. The lowest BCUT2D eigenvalue weighted by atomic mass is 10.1. The maximum absolute atomic E-state index is 12.5. The second-order valence-corrected chi connectivity index (χ2v) is 5.66. The molecule has 0 aliphatic carbocycles. The Labute approximate surface area is 135 Å². The zero-order chi connectivity index (χ0) is 16.2. The van der Waals surface area contributed by atoms with Gasteiger partial charge in [0.2, 0.25) is 0 Å². The minimum atomic E-state index is 0.0760. The molecule has 23 heavy (non-hydrogen) atoms. The lowest BCUT2D eigenvalue weighted by Crippen LogP contribution is -2.49.